The minimum absolute atomic E-state index is 0.104. The van der Waals surface area contributed by atoms with Gasteiger partial charge in [-0.3, -0.25) is 14.4 Å². The summed E-state index contributed by atoms with van der Waals surface area (Å²) in [5.41, 5.74) is 0.403. The molecule has 7 nitrogen and oxygen atoms in total. The van der Waals surface area contributed by atoms with Gasteiger partial charge in [-0.05, 0) is 49.4 Å². The maximum atomic E-state index is 12.3. The van der Waals surface area contributed by atoms with Crippen LogP contribution in [0.25, 0.3) is 0 Å². The largest absolute Gasteiger partial charge is 0.497 e. The molecule has 2 N–H and O–H groups in total. The summed E-state index contributed by atoms with van der Waals surface area (Å²) in [5, 5.41) is 5.48. The highest BCUT2D eigenvalue weighted by atomic mass is 16.5. The Balaban J connectivity index is 1.76. The number of nitrogens with one attached hydrogen (secondary N) is 2. The zero-order valence-electron chi connectivity index (χ0n) is 17.0. The molecule has 0 aromatic heterocycles. The molecule has 0 radical (unpaired) electrons. The minimum atomic E-state index is -0.908. The van der Waals surface area contributed by atoms with Gasteiger partial charge in [-0.1, -0.05) is 26.7 Å². The van der Waals surface area contributed by atoms with E-state index < -0.39 is 18.0 Å². The van der Waals surface area contributed by atoms with Gasteiger partial charge in [0.15, 0.2) is 6.10 Å². The van der Waals surface area contributed by atoms with Crippen molar-refractivity contribution in [1.82, 2.24) is 10.6 Å². The zero-order valence-corrected chi connectivity index (χ0v) is 17.0. The van der Waals surface area contributed by atoms with Gasteiger partial charge in [-0.15, -0.1) is 0 Å². The SMILES string of the molecule is COc1ccc(C(=O)NCC(=O)O[C@H](C)C(=O)N[C@H]2CCC[C@@H](C)[C@H]2C)cc1. The molecule has 1 aromatic rings. The van der Waals surface area contributed by atoms with Crippen molar-refractivity contribution in [3.8, 4) is 5.75 Å². The van der Waals surface area contributed by atoms with Crippen molar-refractivity contribution >= 4 is 17.8 Å². The van der Waals surface area contributed by atoms with Crippen molar-refractivity contribution in [3.63, 3.8) is 0 Å². The highest BCUT2D eigenvalue weighted by Crippen LogP contribution is 2.29. The third-order valence-corrected chi connectivity index (χ3v) is 5.46. The van der Waals surface area contributed by atoms with E-state index in [4.69, 9.17) is 9.47 Å². The lowest BCUT2D eigenvalue weighted by Gasteiger charge is -2.35. The third-order valence-electron chi connectivity index (χ3n) is 5.46. The molecule has 1 aliphatic rings. The molecule has 4 atom stereocenters. The first-order chi connectivity index (χ1) is 13.3. The van der Waals surface area contributed by atoms with Crippen LogP contribution in [0.15, 0.2) is 24.3 Å². The Labute approximate surface area is 166 Å². The Morgan fingerprint density at radius 2 is 1.82 bits per heavy atom. The van der Waals surface area contributed by atoms with Crippen LogP contribution in [0.1, 0.15) is 50.4 Å². The van der Waals surface area contributed by atoms with Crippen molar-refractivity contribution in [3.05, 3.63) is 29.8 Å². The molecule has 0 aliphatic heterocycles. The van der Waals surface area contributed by atoms with E-state index >= 15 is 0 Å². The topological polar surface area (TPSA) is 93.7 Å². The summed E-state index contributed by atoms with van der Waals surface area (Å²) in [6.45, 7) is 5.56. The van der Waals surface area contributed by atoms with Crippen LogP contribution < -0.4 is 15.4 Å². The predicted molar refractivity (Wildman–Crippen MR) is 105 cm³/mol. The molecule has 1 aliphatic carbocycles. The summed E-state index contributed by atoms with van der Waals surface area (Å²) < 4.78 is 10.2. The molecule has 7 heteroatoms. The van der Waals surface area contributed by atoms with Crippen LogP contribution in [0.5, 0.6) is 5.75 Å². The smallest absolute Gasteiger partial charge is 0.326 e. The monoisotopic (exact) mass is 390 g/mol. The number of ether oxygens (including phenoxy) is 2. The fourth-order valence-corrected chi connectivity index (χ4v) is 3.38. The van der Waals surface area contributed by atoms with Gasteiger partial charge in [0.1, 0.15) is 12.3 Å². The zero-order chi connectivity index (χ0) is 20.7. The van der Waals surface area contributed by atoms with Crippen molar-refractivity contribution < 1.29 is 23.9 Å². The molecule has 1 fully saturated rings. The first kappa shape index (κ1) is 21.7. The van der Waals surface area contributed by atoms with E-state index in [0.717, 1.165) is 12.8 Å². The summed E-state index contributed by atoms with van der Waals surface area (Å²) in [6, 6.07) is 6.62. The van der Waals surface area contributed by atoms with Gasteiger partial charge in [0.2, 0.25) is 0 Å². The van der Waals surface area contributed by atoms with Crippen molar-refractivity contribution in [2.75, 3.05) is 13.7 Å². The number of rotatable bonds is 7. The molecule has 2 rings (SSSR count). The maximum absolute atomic E-state index is 12.3. The Morgan fingerprint density at radius 1 is 1.14 bits per heavy atom. The van der Waals surface area contributed by atoms with Crippen LogP contribution in [0.2, 0.25) is 0 Å². The highest BCUT2D eigenvalue weighted by Gasteiger charge is 2.30. The van der Waals surface area contributed by atoms with Crippen LogP contribution >= 0.6 is 0 Å². The van der Waals surface area contributed by atoms with Crippen LogP contribution in [0.3, 0.4) is 0 Å². The Kier molecular flexibility index (Phi) is 7.84. The van der Waals surface area contributed by atoms with Gasteiger partial charge in [0.25, 0.3) is 11.8 Å². The Hall–Kier alpha value is -2.57. The molecule has 0 heterocycles. The van der Waals surface area contributed by atoms with Crippen LogP contribution in [0, 0.1) is 11.8 Å². The van der Waals surface area contributed by atoms with Crippen LogP contribution in [-0.4, -0.2) is 43.6 Å². The predicted octanol–water partition coefficient (Wildman–Crippen LogP) is 2.30. The number of carbonyl (C=O) groups excluding carboxylic acids is 3. The van der Waals surface area contributed by atoms with Gasteiger partial charge >= 0.3 is 5.97 Å². The number of carbonyl (C=O) groups is 3. The Bertz CT molecular complexity index is 689. The first-order valence-corrected chi connectivity index (χ1v) is 9.74. The molecule has 1 saturated carbocycles. The summed E-state index contributed by atoms with van der Waals surface area (Å²) in [6.07, 6.45) is 2.29. The van der Waals surface area contributed by atoms with Gasteiger partial charge < -0.3 is 20.1 Å². The van der Waals surface area contributed by atoms with E-state index in [0.29, 0.717) is 23.1 Å². The van der Waals surface area contributed by atoms with Crippen molar-refractivity contribution in [2.45, 2.75) is 52.2 Å². The minimum Gasteiger partial charge on any atom is -0.497 e. The van der Waals surface area contributed by atoms with E-state index in [1.165, 1.54) is 20.5 Å². The Morgan fingerprint density at radius 3 is 2.46 bits per heavy atom. The average molecular weight is 390 g/mol. The number of benzene rings is 1. The molecule has 154 valence electrons. The lowest BCUT2D eigenvalue weighted by atomic mass is 9.78. The summed E-state index contributed by atoms with van der Waals surface area (Å²) >= 11 is 0. The standard InChI is InChI=1S/C21H30N2O5/c1-13-6-5-7-18(14(13)2)23-20(25)15(3)28-19(24)12-22-21(26)16-8-10-17(27-4)11-9-16/h8-11,13-15,18H,5-7,12H2,1-4H3,(H,22,26)(H,23,25)/t13-,14-,15-,18+/m1/s1. The molecule has 0 bridgehead atoms. The lowest BCUT2D eigenvalue weighted by Crippen LogP contribution is -2.48. The van der Waals surface area contributed by atoms with Crippen molar-refractivity contribution in [1.29, 1.82) is 0 Å². The second-order valence-corrected chi connectivity index (χ2v) is 7.43. The maximum Gasteiger partial charge on any atom is 0.326 e. The molecule has 0 spiro atoms. The third kappa shape index (κ3) is 5.97. The quantitative estimate of drug-likeness (QED) is 0.697. The summed E-state index contributed by atoms with van der Waals surface area (Å²) in [7, 11) is 1.54. The normalized spacial score (nSPS) is 22.6. The number of hydrogen-bond acceptors (Lipinski definition) is 5. The van der Waals surface area contributed by atoms with Crippen molar-refractivity contribution in [2.24, 2.45) is 11.8 Å². The number of amides is 2. The summed E-state index contributed by atoms with van der Waals surface area (Å²) in [5.74, 6) is 0.226. The molecule has 0 unspecified atom stereocenters. The number of hydrogen-bond donors (Lipinski definition) is 2. The lowest BCUT2D eigenvalue weighted by molar-refractivity contribution is -0.154. The molecular formula is C21H30N2O5. The van der Waals surface area contributed by atoms with Gasteiger partial charge in [0.05, 0.1) is 7.11 Å². The molecular weight excluding hydrogens is 360 g/mol. The average Bonchev–Trinajstić information content (AvgIpc) is 2.69. The van der Waals surface area contributed by atoms with E-state index in [1.807, 2.05) is 0 Å². The first-order valence-electron chi connectivity index (χ1n) is 9.74. The van der Waals surface area contributed by atoms with Crippen LogP contribution in [0.4, 0.5) is 0 Å². The summed E-state index contributed by atoms with van der Waals surface area (Å²) in [4.78, 5) is 36.4. The number of methoxy groups -OCH3 is 1. The highest BCUT2D eigenvalue weighted by molar-refractivity contribution is 5.96. The molecule has 1 aromatic carbocycles. The van der Waals surface area contributed by atoms with Gasteiger partial charge in [-0.25, -0.2) is 0 Å². The van der Waals surface area contributed by atoms with Gasteiger partial charge in [0, 0.05) is 11.6 Å². The molecule has 28 heavy (non-hydrogen) atoms. The second kappa shape index (κ2) is 10.1. The second-order valence-electron chi connectivity index (χ2n) is 7.43. The van der Waals surface area contributed by atoms with Gasteiger partial charge in [-0.2, -0.15) is 0 Å². The fraction of sp³-hybridized carbons (Fsp3) is 0.571. The van der Waals surface area contributed by atoms with E-state index in [2.05, 4.69) is 24.5 Å². The number of esters is 1. The molecule has 0 saturated heterocycles. The van der Waals surface area contributed by atoms with Crippen LogP contribution in [-0.2, 0) is 14.3 Å². The fourth-order valence-electron chi connectivity index (χ4n) is 3.38. The van der Waals surface area contributed by atoms with E-state index in [-0.39, 0.29) is 18.5 Å². The van der Waals surface area contributed by atoms with E-state index in [1.54, 1.807) is 24.3 Å². The molecule has 2 amide bonds. The van der Waals surface area contributed by atoms with E-state index in [9.17, 15) is 14.4 Å².